The Morgan fingerprint density at radius 1 is 0.552 bits per heavy atom. The Balaban J connectivity index is 4.54. The van der Waals surface area contributed by atoms with E-state index < -0.39 is 32.5 Å². The minimum absolute atomic E-state index is 0.0524. The van der Waals surface area contributed by atoms with Gasteiger partial charge in [0.1, 0.15) is 19.8 Å². The summed E-state index contributed by atoms with van der Waals surface area (Å²) in [6.45, 7) is 3.95. The molecule has 0 saturated heterocycles. The molecular weight excluding hydrogens is 750 g/mol. The van der Waals surface area contributed by atoms with Crippen LogP contribution >= 0.6 is 7.82 Å². The van der Waals surface area contributed by atoms with Crippen LogP contribution in [0.2, 0.25) is 0 Å². The Labute approximate surface area is 353 Å². The van der Waals surface area contributed by atoms with E-state index in [9.17, 15) is 19.0 Å². The fourth-order valence-corrected chi connectivity index (χ4v) is 5.91. The lowest BCUT2D eigenvalue weighted by atomic mass is 10.1. The predicted octanol–water partition coefficient (Wildman–Crippen LogP) is 11.9. The molecule has 2 unspecified atom stereocenters. The number of unbranched alkanes of at least 4 members (excludes halogenated alkanes) is 8. The van der Waals surface area contributed by atoms with Crippen molar-refractivity contribution < 1.29 is 42.1 Å². The van der Waals surface area contributed by atoms with Crippen LogP contribution < -0.4 is 4.89 Å². The van der Waals surface area contributed by atoms with Crippen LogP contribution in [-0.2, 0) is 32.7 Å². The van der Waals surface area contributed by atoms with Crippen LogP contribution in [0.4, 0.5) is 0 Å². The maximum Gasteiger partial charge on any atom is 0.306 e. The smallest absolute Gasteiger partial charge is 0.306 e. The SMILES string of the molecule is CC/C=C\C/C=C\C/C=C\C/C=C\C/C=C\C/C=C\CCC(=O)OC(COC(=O)CCCCCCC/C=C\C/C=C\CCCCC)COP(=O)([O-])OCC[N+](C)(C)C. The lowest BCUT2D eigenvalue weighted by Crippen LogP contribution is -2.37. The topological polar surface area (TPSA) is 111 Å². The number of ether oxygens (including phenoxy) is 2. The van der Waals surface area contributed by atoms with Crippen LogP contribution in [0.1, 0.15) is 142 Å². The molecule has 58 heavy (non-hydrogen) atoms. The molecule has 0 spiro atoms. The van der Waals surface area contributed by atoms with Crippen molar-refractivity contribution in [2.45, 2.75) is 148 Å². The summed E-state index contributed by atoms with van der Waals surface area (Å²) in [4.78, 5) is 37.5. The Bertz CT molecular complexity index is 1300. The molecule has 0 aliphatic heterocycles. The van der Waals surface area contributed by atoms with Crippen LogP contribution in [0.5, 0.6) is 0 Å². The third kappa shape index (κ3) is 42.5. The maximum atomic E-state index is 12.6. The Morgan fingerprint density at radius 3 is 1.53 bits per heavy atom. The zero-order valence-electron chi connectivity index (χ0n) is 36.9. The summed E-state index contributed by atoms with van der Waals surface area (Å²) >= 11 is 0. The van der Waals surface area contributed by atoms with Gasteiger partial charge in [0.2, 0.25) is 0 Å². The van der Waals surface area contributed by atoms with Gasteiger partial charge in [-0.3, -0.25) is 14.2 Å². The van der Waals surface area contributed by atoms with Crippen molar-refractivity contribution in [2.75, 3.05) is 47.5 Å². The molecule has 330 valence electrons. The number of nitrogens with zero attached hydrogens (tertiary/aromatic N) is 1. The van der Waals surface area contributed by atoms with Gasteiger partial charge in [-0.25, -0.2) is 0 Å². The molecule has 9 nitrogen and oxygen atoms in total. The quantitative estimate of drug-likeness (QED) is 0.0199. The van der Waals surface area contributed by atoms with Crippen LogP contribution in [0.3, 0.4) is 0 Å². The first-order valence-electron chi connectivity index (χ1n) is 21.9. The van der Waals surface area contributed by atoms with Gasteiger partial charge in [0.25, 0.3) is 7.82 Å². The number of allylic oxidation sites excluding steroid dienone is 16. The van der Waals surface area contributed by atoms with Crippen molar-refractivity contribution >= 4 is 19.8 Å². The Kier molecular flexibility index (Phi) is 37.3. The number of carbonyl (C=O) groups excluding carboxylic acids is 2. The standard InChI is InChI=1S/C48H80NO8P/c1-6-8-10-12-14-16-18-20-22-23-24-25-27-29-31-33-35-37-39-41-48(51)57-46(45-56-58(52,53)55-43-42-49(3,4)5)44-54-47(50)40-38-36-34-32-30-28-26-21-19-17-15-13-11-9-7-2/h8,10,14-17,20-22,24-26,29,31,35,37,46H,6-7,9,11-13,18-19,23,27-28,30,32-34,36,38-45H2,1-5H3/b10-8-,16-14-,17-15-,22-20-,25-24-,26-21-,31-29-,37-35-. The second-order valence-corrected chi connectivity index (χ2v) is 16.7. The van der Waals surface area contributed by atoms with Gasteiger partial charge >= 0.3 is 11.9 Å². The molecule has 0 radical (unpaired) electrons. The summed E-state index contributed by atoms with van der Waals surface area (Å²) in [5.41, 5.74) is 0. The first kappa shape index (κ1) is 54.9. The van der Waals surface area contributed by atoms with Crippen LogP contribution in [0, 0.1) is 0 Å². The number of carbonyl (C=O) groups is 2. The number of hydrogen-bond donors (Lipinski definition) is 0. The molecule has 0 heterocycles. The molecule has 0 N–H and O–H groups in total. The Hall–Kier alpha value is -3.07. The molecule has 10 heteroatoms. The number of rotatable bonds is 38. The Morgan fingerprint density at radius 2 is 1.02 bits per heavy atom. The second-order valence-electron chi connectivity index (χ2n) is 15.3. The zero-order valence-corrected chi connectivity index (χ0v) is 37.8. The summed E-state index contributed by atoms with van der Waals surface area (Å²) in [7, 11) is 1.09. The van der Waals surface area contributed by atoms with Crippen molar-refractivity contribution in [3.05, 3.63) is 97.2 Å². The number of likely N-dealkylation sites (N-methyl/N-ethyl adjacent to an activating group) is 1. The van der Waals surface area contributed by atoms with E-state index in [1.807, 2.05) is 33.3 Å². The third-order valence-electron chi connectivity index (χ3n) is 8.60. The average Bonchev–Trinajstić information content (AvgIpc) is 3.17. The molecule has 0 aromatic rings. The predicted molar refractivity (Wildman–Crippen MR) is 240 cm³/mol. The van der Waals surface area contributed by atoms with Crippen molar-refractivity contribution in [3.63, 3.8) is 0 Å². The largest absolute Gasteiger partial charge is 0.756 e. The minimum Gasteiger partial charge on any atom is -0.756 e. The van der Waals surface area contributed by atoms with E-state index in [4.69, 9.17) is 18.5 Å². The van der Waals surface area contributed by atoms with Gasteiger partial charge in [-0.05, 0) is 83.5 Å². The van der Waals surface area contributed by atoms with E-state index in [-0.39, 0.29) is 26.1 Å². The lowest BCUT2D eigenvalue weighted by molar-refractivity contribution is -0.870. The highest BCUT2D eigenvalue weighted by molar-refractivity contribution is 7.45. The van der Waals surface area contributed by atoms with E-state index in [2.05, 4.69) is 98.9 Å². The number of phosphoric acid groups is 1. The average molecular weight is 830 g/mol. The lowest BCUT2D eigenvalue weighted by Gasteiger charge is -2.28. The van der Waals surface area contributed by atoms with Gasteiger partial charge in [0, 0.05) is 12.8 Å². The van der Waals surface area contributed by atoms with Gasteiger partial charge < -0.3 is 27.9 Å². The molecule has 0 aromatic carbocycles. The molecule has 0 rings (SSSR count). The zero-order chi connectivity index (χ0) is 42.8. The summed E-state index contributed by atoms with van der Waals surface area (Å²) in [6.07, 6.45) is 51.6. The van der Waals surface area contributed by atoms with E-state index in [1.54, 1.807) is 0 Å². The molecule has 0 aromatic heterocycles. The highest BCUT2D eigenvalue weighted by Crippen LogP contribution is 2.38. The monoisotopic (exact) mass is 830 g/mol. The first-order chi connectivity index (χ1) is 28.0. The molecule has 0 aliphatic carbocycles. The molecule has 2 atom stereocenters. The van der Waals surface area contributed by atoms with E-state index in [1.165, 1.54) is 25.7 Å². The molecule has 0 aliphatic rings. The van der Waals surface area contributed by atoms with Crippen molar-refractivity contribution in [2.24, 2.45) is 0 Å². The number of phosphoric ester groups is 1. The summed E-state index contributed by atoms with van der Waals surface area (Å²) in [6, 6.07) is 0. The third-order valence-corrected chi connectivity index (χ3v) is 9.57. The van der Waals surface area contributed by atoms with Gasteiger partial charge in [-0.2, -0.15) is 0 Å². The highest BCUT2D eigenvalue weighted by atomic mass is 31.2. The molecule has 0 saturated carbocycles. The van der Waals surface area contributed by atoms with Gasteiger partial charge in [-0.15, -0.1) is 0 Å². The van der Waals surface area contributed by atoms with Crippen LogP contribution in [0.25, 0.3) is 0 Å². The van der Waals surface area contributed by atoms with Gasteiger partial charge in [0.15, 0.2) is 6.10 Å². The second kappa shape index (κ2) is 39.4. The van der Waals surface area contributed by atoms with Gasteiger partial charge in [-0.1, -0.05) is 143 Å². The molecule has 0 fully saturated rings. The van der Waals surface area contributed by atoms with Crippen molar-refractivity contribution in [1.82, 2.24) is 0 Å². The number of esters is 2. The highest BCUT2D eigenvalue weighted by Gasteiger charge is 2.21. The molecular formula is C48H80NO8P. The first-order valence-corrected chi connectivity index (χ1v) is 23.4. The summed E-state index contributed by atoms with van der Waals surface area (Å²) < 4.78 is 33.8. The summed E-state index contributed by atoms with van der Waals surface area (Å²) in [5.74, 6) is -0.959. The fourth-order valence-electron chi connectivity index (χ4n) is 5.18. The van der Waals surface area contributed by atoms with E-state index in [0.29, 0.717) is 23.9 Å². The molecule has 0 amide bonds. The van der Waals surface area contributed by atoms with E-state index >= 15 is 0 Å². The van der Waals surface area contributed by atoms with Gasteiger partial charge in [0.05, 0.1) is 27.7 Å². The maximum absolute atomic E-state index is 12.6. The minimum atomic E-state index is -4.65. The normalized spacial score (nSPS) is 14.5. The summed E-state index contributed by atoms with van der Waals surface area (Å²) in [5, 5.41) is 0. The van der Waals surface area contributed by atoms with Crippen molar-refractivity contribution in [1.29, 1.82) is 0 Å². The molecule has 0 bridgehead atoms. The van der Waals surface area contributed by atoms with Crippen molar-refractivity contribution in [3.8, 4) is 0 Å². The fraction of sp³-hybridized carbons (Fsp3) is 0.625. The van der Waals surface area contributed by atoms with E-state index in [0.717, 1.165) is 77.0 Å². The number of quaternary nitrogens is 1. The van der Waals surface area contributed by atoms with Crippen LogP contribution in [-0.4, -0.2) is 70.0 Å². The van der Waals surface area contributed by atoms with Crippen LogP contribution in [0.15, 0.2) is 97.2 Å². The number of hydrogen-bond acceptors (Lipinski definition) is 8.